The average Bonchev–Trinajstić information content (AvgIpc) is 2.01. The Balaban J connectivity index is 2.94. The van der Waals surface area contributed by atoms with Crippen LogP contribution in [0.25, 0.3) is 0 Å². The van der Waals surface area contributed by atoms with E-state index in [1.807, 2.05) is 0 Å². The Bertz CT molecular complexity index is 354. The second-order valence-electron chi connectivity index (χ2n) is 2.55. The van der Waals surface area contributed by atoms with Crippen LogP contribution in [-0.2, 0) is 11.2 Å². The van der Waals surface area contributed by atoms with Crippen molar-refractivity contribution in [2.24, 2.45) is 0 Å². The number of hydrogen-bond acceptors (Lipinski definition) is 2. The molecule has 0 amide bonds. The van der Waals surface area contributed by atoms with Gasteiger partial charge in [-0.05, 0) is 12.1 Å². The number of carboxylic acids is 1. The first-order valence-corrected chi connectivity index (χ1v) is 3.66. The summed E-state index contributed by atoms with van der Waals surface area (Å²) in [7, 11) is 0. The molecular weight excluding hydrogens is 199 g/mol. The topological polar surface area (TPSA) is 50.2 Å². The third-order valence-corrected chi connectivity index (χ3v) is 1.50. The molecule has 0 aliphatic heterocycles. The molecule has 3 nitrogen and oxygen atoms in total. The number of hydrogen-bond donors (Lipinski definition) is 1. The molecule has 14 heavy (non-hydrogen) atoms. The molecule has 0 radical (unpaired) electrons. The summed E-state index contributed by atoms with van der Waals surface area (Å²) in [5.41, 5.74) is -0.904. The summed E-state index contributed by atoms with van der Waals surface area (Å²) in [6, 6.07) is 1.91. The van der Waals surface area contributed by atoms with Gasteiger partial charge in [0.05, 0.1) is 17.7 Å². The smallest absolute Gasteiger partial charge is 0.309 e. The van der Waals surface area contributed by atoms with Gasteiger partial charge in [0.2, 0.25) is 5.95 Å². The summed E-state index contributed by atoms with van der Waals surface area (Å²) in [5.74, 6) is -2.51. The van der Waals surface area contributed by atoms with Crippen LogP contribution in [0.4, 0.5) is 13.2 Å². The quantitative estimate of drug-likeness (QED) is 0.765. The zero-order valence-electron chi connectivity index (χ0n) is 6.88. The van der Waals surface area contributed by atoms with Crippen LogP contribution < -0.4 is 0 Å². The summed E-state index contributed by atoms with van der Waals surface area (Å²) in [5, 5.41) is 8.33. The first-order valence-electron chi connectivity index (χ1n) is 3.66. The second-order valence-corrected chi connectivity index (χ2v) is 2.55. The molecule has 0 aliphatic carbocycles. The fourth-order valence-electron chi connectivity index (χ4n) is 0.899. The van der Waals surface area contributed by atoms with Crippen LogP contribution in [0.15, 0.2) is 12.1 Å². The highest BCUT2D eigenvalue weighted by Crippen LogP contribution is 2.20. The molecule has 76 valence electrons. The Morgan fingerprint density at radius 3 is 2.57 bits per heavy atom. The van der Waals surface area contributed by atoms with Crippen LogP contribution in [0.5, 0.6) is 0 Å². The summed E-state index contributed by atoms with van der Waals surface area (Å²) in [4.78, 5) is 13.3. The first kappa shape index (κ1) is 10.5. The third kappa shape index (κ3) is 2.45. The fraction of sp³-hybridized carbons (Fsp3) is 0.250. The Morgan fingerprint density at radius 2 is 2.14 bits per heavy atom. The fourth-order valence-corrected chi connectivity index (χ4v) is 0.899. The van der Waals surface area contributed by atoms with E-state index in [-0.39, 0.29) is 5.69 Å². The molecule has 1 N–H and O–H groups in total. The number of carbonyl (C=O) groups is 1. The molecular formula is C8H6F3NO2. The molecule has 0 saturated heterocycles. The molecule has 1 heterocycles. The van der Waals surface area contributed by atoms with E-state index in [2.05, 4.69) is 4.98 Å². The number of rotatable bonds is 3. The van der Waals surface area contributed by atoms with Crippen molar-refractivity contribution in [2.75, 3.05) is 0 Å². The van der Waals surface area contributed by atoms with E-state index < -0.39 is 30.3 Å². The third-order valence-electron chi connectivity index (χ3n) is 1.50. The molecule has 0 atom stereocenters. The Labute approximate surface area is 77.2 Å². The minimum absolute atomic E-state index is 0.0839. The Kier molecular flexibility index (Phi) is 3.06. The van der Waals surface area contributed by atoms with Crippen LogP contribution in [0, 0.1) is 5.95 Å². The number of alkyl halides is 2. The average molecular weight is 205 g/mol. The lowest BCUT2D eigenvalue weighted by atomic mass is 10.2. The van der Waals surface area contributed by atoms with Crippen molar-refractivity contribution in [3.8, 4) is 0 Å². The molecule has 0 saturated carbocycles. The monoisotopic (exact) mass is 205 g/mol. The lowest BCUT2D eigenvalue weighted by Gasteiger charge is -2.02. The van der Waals surface area contributed by atoms with Gasteiger partial charge in [0.25, 0.3) is 6.43 Å². The van der Waals surface area contributed by atoms with E-state index in [4.69, 9.17) is 5.11 Å². The maximum atomic E-state index is 12.8. The molecule has 0 aromatic carbocycles. The minimum Gasteiger partial charge on any atom is -0.481 e. The van der Waals surface area contributed by atoms with Gasteiger partial charge < -0.3 is 5.11 Å². The highest BCUT2D eigenvalue weighted by Gasteiger charge is 2.15. The van der Waals surface area contributed by atoms with Crippen molar-refractivity contribution < 1.29 is 23.1 Å². The van der Waals surface area contributed by atoms with Crippen molar-refractivity contribution in [1.82, 2.24) is 4.98 Å². The van der Waals surface area contributed by atoms with Gasteiger partial charge in [-0.25, -0.2) is 13.8 Å². The van der Waals surface area contributed by atoms with E-state index >= 15 is 0 Å². The molecule has 0 spiro atoms. The van der Waals surface area contributed by atoms with Crippen LogP contribution >= 0.6 is 0 Å². The molecule has 0 aliphatic rings. The maximum Gasteiger partial charge on any atom is 0.309 e. The van der Waals surface area contributed by atoms with Crippen LogP contribution in [0.2, 0.25) is 0 Å². The summed E-state index contributed by atoms with van der Waals surface area (Å²) in [6.45, 7) is 0. The van der Waals surface area contributed by atoms with E-state index in [9.17, 15) is 18.0 Å². The maximum absolute atomic E-state index is 12.8. The van der Waals surface area contributed by atoms with Crippen LogP contribution in [0.3, 0.4) is 0 Å². The standard InChI is InChI=1S/C8H6F3NO2/c9-7(10)5-2-1-4(3-6(13)14)12-8(5)11/h1-2,7H,3H2,(H,13,14). The highest BCUT2D eigenvalue weighted by atomic mass is 19.3. The van der Waals surface area contributed by atoms with Gasteiger partial charge in [0.1, 0.15) is 0 Å². The number of carboxylic acid groups (broad SMARTS) is 1. The molecule has 1 aromatic heterocycles. The summed E-state index contributed by atoms with van der Waals surface area (Å²) in [6.07, 6.45) is -3.43. The van der Waals surface area contributed by atoms with Gasteiger partial charge in [-0.3, -0.25) is 4.79 Å². The van der Waals surface area contributed by atoms with Gasteiger partial charge in [0, 0.05) is 0 Å². The van der Waals surface area contributed by atoms with Crippen molar-refractivity contribution in [2.45, 2.75) is 12.8 Å². The summed E-state index contributed by atoms with van der Waals surface area (Å²) < 4.78 is 36.8. The van der Waals surface area contributed by atoms with Crippen molar-refractivity contribution >= 4 is 5.97 Å². The molecule has 6 heteroatoms. The lowest BCUT2D eigenvalue weighted by molar-refractivity contribution is -0.136. The van der Waals surface area contributed by atoms with E-state index in [0.29, 0.717) is 0 Å². The molecule has 1 aromatic rings. The Hall–Kier alpha value is -1.59. The van der Waals surface area contributed by atoms with Crippen LogP contribution in [-0.4, -0.2) is 16.1 Å². The predicted molar refractivity (Wildman–Crippen MR) is 40.5 cm³/mol. The largest absolute Gasteiger partial charge is 0.481 e. The number of halogens is 3. The van der Waals surface area contributed by atoms with Gasteiger partial charge in [-0.15, -0.1) is 0 Å². The normalized spacial score (nSPS) is 10.6. The lowest BCUT2D eigenvalue weighted by Crippen LogP contribution is -2.05. The SMILES string of the molecule is O=C(O)Cc1ccc(C(F)F)c(F)n1. The van der Waals surface area contributed by atoms with E-state index in [1.165, 1.54) is 0 Å². The van der Waals surface area contributed by atoms with E-state index in [0.717, 1.165) is 12.1 Å². The second kappa shape index (κ2) is 4.08. The molecule has 0 fully saturated rings. The highest BCUT2D eigenvalue weighted by molar-refractivity contribution is 5.69. The minimum atomic E-state index is -2.94. The van der Waals surface area contributed by atoms with Crippen molar-refractivity contribution in [3.05, 3.63) is 29.3 Å². The number of nitrogens with zero attached hydrogens (tertiary/aromatic N) is 1. The van der Waals surface area contributed by atoms with Crippen molar-refractivity contribution in [1.29, 1.82) is 0 Å². The molecule has 0 bridgehead atoms. The zero-order valence-corrected chi connectivity index (χ0v) is 6.88. The zero-order chi connectivity index (χ0) is 10.7. The van der Waals surface area contributed by atoms with Gasteiger partial charge in [-0.1, -0.05) is 0 Å². The predicted octanol–water partition coefficient (Wildman–Crippen LogP) is 1.79. The number of aromatic nitrogens is 1. The number of pyridine rings is 1. The van der Waals surface area contributed by atoms with Gasteiger partial charge >= 0.3 is 5.97 Å². The number of aliphatic carboxylic acids is 1. The van der Waals surface area contributed by atoms with Crippen molar-refractivity contribution in [3.63, 3.8) is 0 Å². The van der Waals surface area contributed by atoms with E-state index in [1.54, 1.807) is 0 Å². The molecule has 0 unspecified atom stereocenters. The summed E-state index contributed by atoms with van der Waals surface area (Å²) >= 11 is 0. The Morgan fingerprint density at radius 1 is 1.50 bits per heavy atom. The van der Waals surface area contributed by atoms with Crippen LogP contribution in [0.1, 0.15) is 17.7 Å². The van der Waals surface area contributed by atoms with Gasteiger partial charge in [0.15, 0.2) is 0 Å². The van der Waals surface area contributed by atoms with Gasteiger partial charge in [-0.2, -0.15) is 4.39 Å². The first-order chi connectivity index (χ1) is 6.50. The molecule has 1 rings (SSSR count).